The van der Waals surface area contributed by atoms with Gasteiger partial charge in [-0.25, -0.2) is 4.98 Å². The summed E-state index contributed by atoms with van der Waals surface area (Å²) in [6, 6.07) is 8.42. The van der Waals surface area contributed by atoms with E-state index in [-0.39, 0.29) is 17.6 Å². The van der Waals surface area contributed by atoms with Gasteiger partial charge in [-0.05, 0) is 43.7 Å². The van der Waals surface area contributed by atoms with E-state index in [2.05, 4.69) is 4.98 Å². The summed E-state index contributed by atoms with van der Waals surface area (Å²) in [6.45, 7) is 2.49. The molecule has 0 aliphatic heterocycles. The minimum Gasteiger partial charge on any atom is -0.495 e. The van der Waals surface area contributed by atoms with Gasteiger partial charge in [-0.15, -0.1) is 0 Å². The highest BCUT2D eigenvalue weighted by molar-refractivity contribution is 6.07. The number of benzene rings is 1. The number of anilines is 1. The lowest BCUT2D eigenvalue weighted by Crippen LogP contribution is -2.09. The number of imidazole rings is 1. The van der Waals surface area contributed by atoms with E-state index in [1.54, 1.807) is 54.0 Å². The first-order valence-electron chi connectivity index (χ1n) is 9.27. The Hall–Kier alpha value is -3.55. The quantitative estimate of drug-likeness (QED) is 0.256. The molecule has 3 rings (SSSR count). The highest BCUT2D eigenvalue weighted by Crippen LogP contribution is 2.25. The predicted octanol–water partition coefficient (Wildman–Crippen LogP) is 2.88. The van der Waals surface area contributed by atoms with Crippen molar-refractivity contribution >= 4 is 23.0 Å². The molecule has 3 aromatic rings. The molecule has 1 aromatic carbocycles. The van der Waals surface area contributed by atoms with Crippen molar-refractivity contribution in [1.29, 1.82) is 0 Å². The van der Waals surface area contributed by atoms with Gasteiger partial charge in [0, 0.05) is 18.2 Å². The fourth-order valence-corrected chi connectivity index (χ4v) is 2.90. The zero-order valence-corrected chi connectivity index (χ0v) is 16.4. The number of esters is 1. The summed E-state index contributed by atoms with van der Waals surface area (Å²) in [5.41, 5.74) is 7.36. The first-order valence-corrected chi connectivity index (χ1v) is 9.27. The molecular formula is C21H23N3O5. The fraction of sp³-hybridized carbons (Fsp3) is 0.286. The lowest BCUT2D eigenvalue weighted by atomic mass is 10.1. The van der Waals surface area contributed by atoms with E-state index < -0.39 is 0 Å². The summed E-state index contributed by atoms with van der Waals surface area (Å²) in [5.74, 6) is 0.761. The molecule has 0 bridgehead atoms. The molecule has 0 aliphatic carbocycles. The van der Waals surface area contributed by atoms with Crippen molar-refractivity contribution < 1.29 is 23.8 Å². The minimum atomic E-state index is -0.261. The number of pyridine rings is 1. The second-order valence-electron chi connectivity index (χ2n) is 6.25. The average Bonchev–Trinajstić information content (AvgIpc) is 3.16. The first-order chi connectivity index (χ1) is 14.0. The van der Waals surface area contributed by atoms with E-state index in [9.17, 15) is 9.59 Å². The molecule has 0 saturated heterocycles. The average molecular weight is 397 g/mol. The lowest BCUT2D eigenvalue weighted by Gasteiger charge is -2.09. The number of carbonyl (C=O) groups excluding carboxylic acids is 2. The summed E-state index contributed by atoms with van der Waals surface area (Å²) >= 11 is 0. The van der Waals surface area contributed by atoms with Crippen LogP contribution in [0.2, 0.25) is 0 Å². The monoisotopic (exact) mass is 397 g/mol. The van der Waals surface area contributed by atoms with Crippen LogP contribution in [0.1, 0.15) is 35.9 Å². The Morgan fingerprint density at radius 3 is 2.79 bits per heavy atom. The van der Waals surface area contributed by atoms with Crippen LogP contribution in [0.5, 0.6) is 11.5 Å². The molecule has 2 heterocycles. The molecule has 0 fully saturated rings. The van der Waals surface area contributed by atoms with Crippen LogP contribution in [0.4, 0.5) is 5.69 Å². The highest BCUT2D eigenvalue weighted by atomic mass is 16.5. The Kier molecular flexibility index (Phi) is 6.33. The predicted molar refractivity (Wildman–Crippen MR) is 107 cm³/mol. The zero-order valence-electron chi connectivity index (χ0n) is 16.4. The van der Waals surface area contributed by atoms with Gasteiger partial charge >= 0.3 is 5.97 Å². The molecule has 29 heavy (non-hydrogen) atoms. The van der Waals surface area contributed by atoms with E-state index in [1.807, 2.05) is 0 Å². The molecule has 0 atom stereocenters. The summed E-state index contributed by atoms with van der Waals surface area (Å²) in [4.78, 5) is 28.6. The van der Waals surface area contributed by atoms with Crippen molar-refractivity contribution in [1.82, 2.24) is 9.38 Å². The number of hydrogen-bond donors (Lipinski definition) is 1. The summed E-state index contributed by atoms with van der Waals surface area (Å²) < 4.78 is 17.5. The topological polar surface area (TPSA) is 105 Å². The van der Waals surface area contributed by atoms with Crippen LogP contribution in [-0.2, 0) is 9.53 Å². The van der Waals surface area contributed by atoms with Gasteiger partial charge in [0.25, 0.3) is 0 Å². The number of methoxy groups -OCH3 is 1. The van der Waals surface area contributed by atoms with E-state index in [1.165, 1.54) is 7.11 Å². The maximum absolute atomic E-state index is 12.9. The Labute approximate surface area is 168 Å². The van der Waals surface area contributed by atoms with Gasteiger partial charge in [-0.3, -0.25) is 14.0 Å². The van der Waals surface area contributed by atoms with Gasteiger partial charge in [0.15, 0.2) is 5.82 Å². The van der Waals surface area contributed by atoms with Crippen molar-refractivity contribution in [3.63, 3.8) is 0 Å². The number of carbonyl (C=O) groups is 2. The van der Waals surface area contributed by atoms with Crippen LogP contribution in [0.3, 0.4) is 0 Å². The number of rotatable bonds is 9. The van der Waals surface area contributed by atoms with Crippen LogP contribution in [0.25, 0.3) is 5.52 Å². The normalized spacial score (nSPS) is 10.7. The van der Waals surface area contributed by atoms with Gasteiger partial charge in [0.05, 0.1) is 32.2 Å². The lowest BCUT2D eigenvalue weighted by molar-refractivity contribution is -0.143. The van der Waals surface area contributed by atoms with Crippen LogP contribution in [0, 0.1) is 0 Å². The molecule has 2 aromatic heterocycles. The van der Waals surface area contributed by atoms with Crippen molar-refractivity contribution in [2.24, 2.45) is 0 Å². The van der Waals surface area contributed by atoms with Crippen LogP contribution in [-0.4, -0.2) is 41.5 Å². The Morgan fingerprint density at radius 2 is 2.03 bits per heavy atom. The van der Waals surface area contributed by atoms with Crippen molar-refractivity contribution in [3.05, 3.63) is 54.1 Å². The SMILES string of the molecule is CCOC(=O)CCCOc1cccn2c(C(=O)c3ccc(N)c(OC)c3)ncc12. The van der Waals surface area contributed by atoms with Crippen molar-refractivity contribution in [3.8, 4) is 11.5 Å². The number of ether oxygens (including phenoxy) is 3. The molecular weight excluding hydrogens is 374 g/mol. The fourth-order valence-electron chi connectivity index (χ4n) is 2.90. The second kappa shape index (κ2) is 9.09. The smallest absolute Gasteiger partial charge is 0.305 e. The van der Waals surface area contributed by atoms with Gasteiger partial charge < -0.3 is 19.9 Å². The van der Waals surface area contributed by atoms with E-state index >= 15 is 0 Å². The third kappa shape index (κ3) is 4.48. The van der Waals surface area contributed by atoms with Gasteiger partial charge in [-0.1, -0.05) is 0 Å². The first kappa shape index (κ1) is 20.2. The van der Waals surface area contributed by atoms with Gasteiger partial charge in [-0.2, -0.15) is 0 Å². The van der Waals surface area contributed by atoms with Crippen molar-refractivity contribution in [2.75, 3.05) is 26.1 Å². The molecule has 0 spiro atoms. The van der Waals surface area contributed by atoms with E-state index in [0.717, 1.165) is 0 Å². The molecule has 2 N–H and O–H groups in total. The minimum absolute atomic E-state index is 0.245. The number of aromatic nitrogens is 2. The van der Waals surface area contributed by atoms with Crippen LogP contribution < -0.4 is 15.2 Å². The highest BCUT2D eigenvalue weighted by Gasteiger charge is 2.18. The molecule has 8 heteroatoms. The van der Waals surface area contributed by atoms with Crippen LogP contribution >= 0.6 is 0 Å². The molecule has 0 radical (unpaired) electrons. The molecule has 0 unspecified atom stereocenters. The number of nitrogen functional groups attached to an aromatic ring is 1. The molecule has 0 amide bonds. The maximum Gasteiger partial charge on any atom is 0.305 e. The number of nitrogens with two attached hydrogens (primary N) is 1. The summed E-state index contributed by atoms with van der Waals surface area (Å²) in [6.07, 6.45) is 4.15. The second-order valence-corrected chi connectivity index (χ2v) is 6.25. The molecule has 0 saturated carbocycles. The Morgan fingerprint density at radius 1 is 1.21 bits per heavy atom. The van der Waals surface area contributed by atoms with Crippen molar-refractivity contribution in [2.45, 2.75) is 19.8 Å². The molecule has 8 nitrogen and oxygen atoms in total. The van der Waals surface area contributed by atoms with Gasteiger partial charge in [0.2, 0.25) is 5.78 Å². The number of ketones is 1. The zero-order chi connectivity index (χ0) is 20.8. The van der Waals surface area contributed by atoms with Crippen LogP contribution in [0.15, 0.2) is 42.7 Å². The number of nitrogens with zero attached hydrogens (tertiary/aromatic N) is 2. The Bertz CT molecular complexity index is 1030. The molecule has 0 aliphatic rings. The van der Waals surface area contributed by atoms with E-state index in [4.69, 9.17) is 19.9 Å². The number of hydrogen-bond acceptors (Lipinski definition) is 7. The Balaban J connectivity index is 1.77. The third-order valence-corrected chi connectivity index (χ3v) is 4.32. The standard InChI is InChI=1S/C21H23N3O5/c1-3-28-19(25)7-5-11-29-17-6-4-10-24-16(17)13-23-21(24)20(26)14-8-9-15(22)18(12-14)27-2/h4,6,8-10,12-13H,3,5,7,11,22H2,1-2H3. The summed E-state index contributed by atoms with van der Waals surface area (Å²) in [5, 5.41) is 0. The van der Waals surface area contributed by atoms with Gasteiger partial charge in [0.1, 0.15) is 17.0 Å². The molecule has 152 valence electrons. The largest absolute Gasteiger partial charge is 0.495 e. The summed E-state index contributed by atoms with van der Waals surface area (Å²) in [7, 11) is 1.50. The van der Waals surface area contributed by atoms with E-state index in [0.29, 0.717) is 54.3 Å². The maximum atomic E-state index is 12.9. The third-order valence-electron chi connectivity index (χ3n) is 4.32. The number of fused-ring (bicyclic) bond motifs is 1.